The van der Waals surface area contributed by atoms with Crippen LogP contribution in [0.1, 0.15) is 0 Å². The Balaban J connectivity index is 2.64. The van der Waals surface area contributed by atoms with Gasteiger partial charge in [-0.05, 0) is 24.3 Å². The number of ether oxygens (including phenoxy) is 1. The molecule has 0 radical (unpaired) electrons. The summed E-state index contributed by atoms with van der Waals surface area (Å²) in [5.74, 6) is -1.13. The molecule has 1 aromatic rings. The second-order valence-electron chi connectivity index (χ2n) is 3.67. The van der Waals surface area contributed by atoms with Gasteiger partial charge >= 0.3 is 0 Å². The van der Waals surface area contributed by atoms with Gasteiger partial charge in [-0.15, -0.1) is 0 Å². The van der Waals surface area contributed by atoms with Crippen molar-refractivity contribution in [3.8, 4) is 0 Å². The largest absolute Gasteiger partial charge is 0.399 e. The van der Waals surface area contributed by atoms with E-state index in [9.17, 15) is 13.2 Å². The molecule has 100 valence electrons. The highest BCUT2D eigenvalue weighted by atomic mass is 32.2. The third kappa shape index (κ3) is 4.34. The fourth-order valence-electron chi connectivity index (χ4n) is 1.27. The Kier molecular flexibility index (Phi) is 5.11. The van der Waals surface area contributed by atoms with E-state index in [1.807, 2.05) is 0 Å². The summed E-state index contributed by atoms with van der Waals surface area (Å²) in [4.78, 5) is 11.5. The number of amides is 1. The van der Waals surface area contributed by atoms with Gasteiger partial charge in [0.25, 0.3) is 0 Å². The van der Waals surface area contributed by atoms with Crippen molar-refractivity contribution < 1.29 is 17.9 Å². The number of carbonyl (C=O) groups excluding carboxylic acids is 1. The van der Waals surface area contributed by atoms with E-state index in [1.165, 1.54) is 31.4 Å². The van der Waals surface area contributed by atoms with E-state index in [0.717, 1.165) is 0 Å². The fourth-order valence-corrected chi connectivity index (χ4v) is 2.44. The first kappa shape index (κ1) is 14.5. The number of nitrogen functional groups attached to an aromatic ring is 1. The van der Waals surface area contributed by atoms with Crippen molar-refractivity contribution in [1.29, 1.82) is 0 Å². The highest BCUT2D eigenvalue weighted by Crippen LogP contribution is 2.13. The van der Waals surface area contributed by atoms with Gasteiger partial charge in [-0.3, -0.25) is 4.79 Å². The SMILES string of the molecule is COCCNC(=O)CS(=O)(=O)c1ccc(N)cc1. The lowest BCUT2D eigenvalue weighted by Crippen LogP contribution is -2.32. The van der Waals surface area contributed by atoms with Crippen LogP contribution in [-0.4, -0.2) is 40.3 Å². The molecular weight excluding hydrogens is 256 g/mol. The van der Waals surface area contributed by atoms with Crippen LogP contribution in [0.3, 0.4) is 0 Å². The predicted octanol–water partition coefficient (Wildman–Crippen LogP) is -0.195. The summed E-state index contributed by atoms with van der Waals surface area (Å²) in [5, 5.41) is 2.45. The van der Waals surface area contributed by atoms with Gasteiger partial charge in [0.05, 0.1) is 11.5 Å². The summed E-state index contributed by atoms with van der Waals surface area (Å²) in [7, 11) is -2.12. The minimum atomic E-state index is -3.62. The number of carbonyl (C=O) groups is 1. The van der Waals surface area contributed by atoms with Crippen LogP contribution in [0.4, 0.5) is 5.69 Å². The normalized spacial score (nSPS) is 11.2. The molecule has 0 aliphatic heterocycles. The van der Waals surface area contributed by atoms with Crippen molar-refractivity contribution in [2.75, 3.05) is 31.7 Å². The van der Waals surface area contributed by atoms with Crippen LogP contribution in [0.2, 0.25) is 0 Å². The number of hydrogen-bond acceptors (Lipinski definition) is 5. The number of methoxy groups -OCH3 is 1. The molecule has 3 N–H and O–H groups in total. The molecule has 0 aromatic heterocycles. The average molecular weight is 272 g/mol. The maximum absolute atomic E-state index is 11.9. The lowest BCUT2D eigenvalue weighted by molar-refractivity contribution is -0.118. The Bertz CT molecular complexity index is 496. The zero-order valence-corrected chi connectivity index (χ0v) is 10.9. The van der Waals surface area contributed by atoms with Gasteiger partial charge in [0.15, 0.2) is 9.84 Å². The Hall–Kier alpha value is -1.60. The molecule has 0 aliphatic carbocycles. The number of rotatable bonds is 6. The van der Waals surface area contributed by atoms with Gasteiger partial charge < -0.3 is 15.8 Å². The van der Waals surface area contributed by atoms with Crippen molar-refractivity contribution in [3.05, 3.63) is 24.3 Å². The number of nitrogens with two attached hydrogens (primary N) is 1. The molecular formula is C11H16N2O4S. The van der Waals surface area contributed by atoms with Gasteiger partial charge in [-0.2, -0.15) is 0 Å². The maximum atomic E-state index is 11.9. The van der Waals surface area contributed by atoms with Gasteiger partial charge in [0, 0.05) is 19.3 Å². The van der Waals surface area contributed by atoms with Crippen molar-refractivity contribution >= 4 is 21.4 Å². The Morgan fingerprint density at radius 3 is 2.50 bits per heavy atom. The summed E-state index contributed by atoms with van der Waals surface area (Å²) in [6.07, 6.45) is 0. The first-order chi connectivity index (χ1) is 8.45. The lowest BCUT2D eigenvalue weighted by Gasteiger charge is -2.06. The summed E-state index contributed by atoms with van der Waals surface area (Å²) in [6, 6.07) is 5.73. The molecule has 0 saturated carbocycles. The van der Waals surface area contributed by atoms with E-state index in [2.05, 4.69) is 5.32 Å². The third-order valence-electron chi connectivity index (χ3n) is 2.19. The zero-order valence-electron chi connectivity index (χ0n) is 10.0. The molecule has 0 bridgehead atoms. The molecule has 7 heteroatoms. The molecule has 0 unspecified atom stereocenters. The molecule has 0 atom stereocenters. The molecule has 0 aliphatic rings. The van der Waals surface area contributed by atoms with Crippen LogP contribution in [0.15, 0.2) is 29.2 Å². The summed E-state index contributed by atoms with van der Waals surface area (Å²) in [5.41, 5.74) is 5.94. The third-order valence-corrected chi connectivity index (χ3v) is 3.82. The minimum absolute atomic E-state index is 0.0820. The fraction of sp³-hybridized carbons (Fsp3) is 0.364. The van der Waals surface area contributed by atoms with Crippen LogP contribution < -0.4 is 11.1 Å². The summed E-state index contributed by atoms with van der Waals surface area (Å²) < 4.78 is 28.4. The first-order valence-electron chi connectivity index (χ1n) is 5.29. The number of sulfone groups is 1. The predicted molar refractivity (Wildman–Crippen MR) is 67.8 cm³/mol. The molecule has 0 heterocycles. The molecule has 1 rings (SSSR count). The second-order valence-corrected chi connectivity index (χ2v) is 5.66. The molecule has 1 aromatic carbocycles. The molecule has 18 heavy (non-hydrogen) atoms. The van der Waals surface area contributed by atoms with E-state index in [-0.39, 0.29) is 11.4 Å². The van der Waals surface area contributed by atoms with E-state index >= 15 is 0 Å². The highest BCUT2D eigenvalue weighted by Gasteiger charge is 2.18. The van der Waals surface area contributed by atoms with E-state index in [0.29, 0.717) is 12.3 Å². The minimum Gasteiger partial charge on any atom is -0.399 e. The van der Waals surface area contributed by atoms with Gasteiger partial charge in [0.1, 0.15) is 5.75 Å². The first-order valence-corrected chi connectivity index (χ1v) is 6.95. The lowest BCUT2D eigenvalue weighted by atomic mass is 10.3. The maximum Gasteiger partial charge on any atom is 0.235 e. The van der Waals surface area contributed by atoms with E-state index < -0.39 is 21.5 Å². The Labute approximate surface area is 106 Å². The zero-order chi connectivity index (χ0) is 13.6. The molecule has 0 fully saturated rings. The van der Waals surface area contributed by atoms with Crippen LogP contribution in [0, 0.1) is 0 Å². The molecule has 6 nitrogen and oxygen atoms in total. The van der Waals surface area contributed by atoms with Gasteiger partial charge in [-0.1, -0.05) is 0 Å². The van der Waals surface area contributed by atoms with Crippen molar-refractivity contribution in [3.63, 3.8) is 0 Å². The topological polar surface area (TPSA) is 98.5 Å². The molecule has 0 spiro atoms. The Morgan fingerprint density at radius 1 is 1.33 bits per heavy atom. The highest BCUT2D eigenvalue weighted by molar-refractivity contribution is 7.92. The van der Waals surface area contributed by atoms with Crippen LogP contribution in [0.5, 0.6) is 0 Å². The van der Waals surface area contributed by atoms with Crippen LogP contribution in [-0.2, 0) is 19.4 Å². The molecule has 1 amide bonds. The monoisotopic (exact) mass is 272 g/mol. The van der Waals surface area contributed by atoms with Crippen LogP contribution >= 0.6 is 0 Å². The van der Waals surface area contributed by atoms with Gasteiger partial charge in [0.2, 0.25) is 5.91 Å². The Morgan fingerprint density at radius 2 is 1.94 bits per heavy atom. The van der Waals surface area contributed by atoms with E-state index in [1.54, 1.807) is 0 Å². The van der Waals surface area contributed by atoms with Crippen molar-refractivity contribution in [2.24, 2.45) is 0 Å². The number of benzene rings is 1. The van der Waals surface area contributed by atoms with Crippen molar-refractivity contribution in [1.82, 2.24) is 5.32 Å². The van der Waals surface area contributed by atoms with Crippen LogP contribution in [0.25, 0.3) is 0 Å². The standard InChI is InChI=1S/C11H16N2O4S/c1-17-7-6-13-11(14)8-18(15,16)10-4-2-9(12)3-5-10/h2-5H,6-8,12H2,1H3,(H,13,14). The van der Waals surface area contributed by atoms with Crippen molar-refractivity contribution in [2.45, 2.75) is 4.90 Å². The second kappa shape index (κ2) is 6.36. The van der Waals surface area contributed by atoms with Gasteiger partial charge in [-0.25, -0.2) is 8.42 Å². The van der Waals surface area contributed by atoms with E-state index in [4.69, 9.17) is 10.5 Å². The molecule has 0 saturated heterocycles. The smallest absolute Gasteiger partial charge is 0.235 e. The number of anilines is 1. The summed E-state index contributed by atoms with van der Waals surface area (Å²) in [6.45, 7) is 0.625. The average Bonchev–Trinajstić information content (AvgIpc) is 2.29. The number of nitrogens with one attached hydrogen (secondary N) is 1. The number of hydrogen-bond donors (Lipinski definition) is 2. The quantitative estimate of drug-likeness (QED) is 0.552. The summed E-state index contributed by atoms with van der Waals surface area (Å²) >= 11 is 0.